The molecule has 0 aromatic carbocycles. The smallest absolute Gasteiger partial charge is 0.146 e. The van der Waals surface area contributed by atoms with Crippen LogP contribution in [-0.2, 0) is 4.74 Å². The van der Waals surface area contributed by atoms with Crippen LogP contribution in [0.3, 0.4) is 0 Å². The Labute approximate surface area is 103 Å². The van der Waals surface area contributed by atoms with E-state index in [4.69, 9.17) is 4.74 Å². The molecular weight excluding hydrogens is 216 g/mol. The van der Waals surface area contributed by atoms with Crippen molar-refractivity contribution in [3.8, 4) is 0 Å². The molecule has 1 aromatic rings. The van der Waals surface area contributed by atoms with E-state index >= 15 is 0 Å². The molecule has 0 aliphatic rings. The van der Waals surface area contributed by atoms with Crippen molar-refractivity contribution in [2.75, 3.05) is 37.4 Å². The summed E-state index contributed by atoms with van der Waals surface area (Å²) >= 11 is 0. The molecule has 96 valence electrons. The van der Waals surface area contributed by atoms with Crippen molar-refractivity contribution in [3.63, 3.8) is 0 Å². The molecular formula is C12H22N4O. The van der Waals surface area contributed by atoms with Gasteiger partial charge in [0.15, 0.2) is 0 Å². The summed E-state index contributed by atoms with van der Waals surface area (Å²) in [4.78, 5) is 8.55. The fourth-order valence-electron chi connectivity index (χ4n) is 1.38. The molecule has 0 saturated carbocycles. The van der Waals surface area contributed by atoms with Gasteiger partial charge in [-0.25, -0.2) is 4.98 Å². The Balaban J connectivity index is 2.27. The summed E-state index contributed by atoms with van der Waals surface area (Å²) in [6.07, 6.45) is 6.70. The van der Waals surface area contributed by atoms with Gasteiger partial charge in [0.2, 0.25) is 0 Å². The van der Waals surface area contributed by atoms with Gasteiger partial charge in [-0.3, -0.25) is 4.98 Å². The first-order chi connectivity index (χ1) is 8.36. The highest BCUT2D eigenvalue weighted by Gasteiger charge is 1.97. The highest BCUT2D eigenvalue weighted by Crippen LogP contribution is 2.06. The number of methoxy groups -OCH3 is 1. The SMILES string of the molecule is CCCNc1cncc(NCCCCOC)n1. The second-order valence-electron chi connectivity index (χ2n) is 3.84. The monoisotopic (exact) mass is 238 g/mol. The number of rotatable bonds is 9. The minimum Gasteiger partial charge on any atom is -0.385 e. The Morgan fingerprint density at radius 2 is 1.82 bits per heavy atom. The van der Waals surface area contributed by atoms with Crippen LogP contribution in [0.4, 0.5) is 11.6 Å². The van der Waals surface area contributed by atoms with E-state index in [9.17, 15) is 0 Å². The first kappa shape index (κ1) is 13.7. The molecule has 17 heavy (non-hydrogen) atoms. The molecule has 5 heteroatoms. The van der Waals surface area contributed by atoms with Gasteiger partial charge in [-0.2, -0.15) is 0 Å². The lowest BCUT2D eigenvalue weighted by atomic mass is 10.3. The number of ether oxygens (including phenoxy) is 1. The third-order valence-electron chi connectivity index (χ3n) is 2.27. The van der Waals surface area contributed by atoms with Crippen LogP contribution in [-0.4, -0.2) is 36.8 Å². The molecule has 0 unspecified atom stereocenters. The van der Waals surface area contributed by atoms with Crippen molar-refractivity contribution >= 4 is 11.6 Å². The van der Waals surface area contributed by atoms with Crippen LogP contribution < -0.4 is 10.6 Å². The lowest BCUT2D eigenvalue weighted by Gasteiger charge is -2.07. The van der Waals surface area contributed by atoms with Gasteiger partial charge in [-0.15, -0.1) is 0 Å². The quantitative estimate of drug-likeness (QED) is 0.645. The van der Waals surface area contributed by atoms with E-state index in [1.807, 2.05) is 0 Å². The summed E-state index contributed by atoms with van der Waals surface area (Å²) in [6.45, 7) is 4.75. The Bertz CT molecular complexity index is 306. The van der Waals surface area contributed by atoms with Crippen molar-refractivity contribution in [1.29, 1.82) is 0 Å². The van der Waals surface area contributed by atoms with Gasteiger partial charge in [-0.05, 0) is 19.3 Å². The lowest BCUT2D eigenvalue weighted by molar-refractivity contribution is 0.194. The fourth-order valence-corrected chi connectivity index (χ4v) is 1.38. The normalized spacial score (nSPS) is 10.2. The van der Waals surface area contributed by atoms with E-state index in [1.54, 1.807) is 19.5 Å². The second kappa shape index (κ2) is 8.75. The average Bonchev–Trinajstić information content (AvgIpc) is 2.37. The zero-order valence-electron chi connectivity index (χ0n) is 10.7. The van der Waals surface area contributed by atoms with Crippen molar-refractivity contribution in [2.45, 2.75) is 26.2 Å². The summed E-state index contributed by atoms with van der Waals surface area (Å²) in [7, 11) is 1.72. The summed E-state index contributed by atoms with van der Waals surface area (Å²) in [5.74, 6) is 1.65. The Kier molecular flexibility index (Phi) is 7.06. The van der Waals surface area contributed by atoms with Crippen LogP contribution in [0.15, 0.2) is 12.4 Å². The fraction of sp³-hybridized carbons (Fsp3) is 0.667. The van der Waals surface area contributed by atoms with Gasteiger partial charge < -0.3 is 15.4 Å². The number of aromatic nitrogens is 2. The lowest BCUT2D eigenvalue weighted by Crippen LogP contribution is -2.07. The molecule has 5 nitrogen and oxygen atoms in total. The average molecular weight is 238 g/mol. The largest absolute Gasteiger partial charge is 0.385 e. The zero-order chi connectivity index (χ0) is 12.3. The second-order valence-corrected chi connectivity index (χ2v) is 3.84. The maximum Gasteiger partial charge on any atom is 0.146 e. The summed E-state index contributed by atoms with van der Waals surface area (Å²) in [5, 5.41) is 6.46. The maximum atomic E-state index is 4.99. The van der Waals surface area contributed by atoms with Crippen LogP contribution in [0.1, 0.15) is 26.2 Å². The number of nitrogens with one attached hydrogen (secondary N) is 2. The van der Waals surface area contributed by atoms with E-state index < -0.39 is 0 Å². The first-order valence-corrected chi connectivity index (χ1v) is 6.15. The highest BCUT2D eigenvalue weighted by atomic mass is 16.5. The number of hydrogen-bond donors (Lipinski definition) is 2. The van der Waals surface area contributed by atoms with E-state index in [0.717, 1.165) is 50.6 Å². The van der Waals surface area contributed by atoms with Crippen LogP contribution in [0.25, 0.3) is 0 Å². The predicted octanol–water partition coefficient (Wildman–Crippen LogP) is 2.14. The minimum atomic E-state index is 0.811. The van der Waals surface area contributed by atoms with Gasteiger partial charge in [0.1, 0.15) is 11.6 Å². The third kappa shape index (κ3) is 6.06. The highest BCUT2D eigenvalue weighted by molar-refractivity contribution is 5.41. The molecule has 0 radical (unpaired) electrons. The predicted molar refractivity (Wildman–Crippen MR) is 70.4 cm³/mol. The standard InChI is InChI=1S/C12H22N4O/c1-3-6-14-11-9-13-10-12(16-11)15-7-4-5-8-17-2/h9-10H,3-8H2,1-2H3,(H2,14,15,16). The Hall–Kier alpha value is -1.36. The molecule has 2 N–H and O–H groups in total. The Morgan fingerprint density at radius 3 is 2.47 bits per heavy atom. The van der Waals surface area contributed by atoms with Gasteiger partial charge in [0.05, 0.1) is 12.4 Å². The molecule has 0 amide bonds. The molecule has 0 saturated heterocycles. The molecule has 0 aliphatic heterocycles. The first-order valence-electron chi connectivity index (χ1n) is 6.15. The summed E-state index contributed by atoms with van der Waals surface area (Å²) in [5.41, 5.74) is 0. The third-order valence-corrected chi connectivity index (χ3v) is 2.27. The minimum absolute atomic E-state index is 0.811. The van der Waals surface area contributed by atoms with Crippen molar-refractivity contribution in [2.24, 2.45) is 0 Å². The van der Waals surface area contributed by atoms with E-state index in [1.165, 1.54) is 0 Å². The van der Waals surface area contributed by atoms with Crippen LogP contribution in [0.2, 0.25) is 0 Å². The molecule has 0 spiro atoms. The van der Waals surface area contributed by atoms with E-state index in [2.05, 4.69) is 27.5 Å². The number of nitrogens with zero attached hydrogens (tertiary/aromatic N) is 2. The van der Waals surface area contributed by atoms with E-state index in [0.29, 0.717) is 0 Å². The van der Waals surface area contributed by atoms with Gasteiger partial charge in [0.25, 0.3) is 0 Å². The van der Waals surface area contributed by atoms with Crippen molar-refractivity contribution < 1.29 is 4.74 Å². The van der Waals surface area contributed by atoms with Crippen molar-refractivity contribution in [3.05, 3.63) is 12.4 Å². The molecule has 1 rings (SSSR count). The molecule has 1 aromatic heterocycles. The zero-order valence-corrected chi connectivity index (χ0v) is 10.7. The maximum absolute atomic E-state index is 4.99. The van der Waals surface area contributed by atoms with Crippen LogP contribution >= 0.6 is 0 Å². The number of hydrogen-bond acceptors (Lipinski definition) is 5. The van der Waals surface area contributed by atoms with Gasteiger partial charge >= 0.3 is 0 Å². The number of unbranched alkanes of at least 4 members (excludes halogenated alkanes) is 1. The van der Waals surface area contributed by atoms with Crippen molar-refractivity contribution in [1.82, 2.24) is 9.97 Å². The number of anilines is 2. The van der Waals surface area contributed by atoms with Crippen LogP contribution in [0, 0.1) is 0 Å². The topological polar surface area (TPSA) is 59.1 Å². The summed E-state index contributed by atoms with van der Waals surface area (Å²) < 4.78 is 4.99. The molecule has 1 heterocycles. The molecule has 0 aliphatic carbocycles. The van der Waals surface area contributed by atoms with E-state index in [-0.39, 0.29) is 0 Å². The summed E-state index contributed by atoms with van der Waals surface area (Å²) in [6, 6.07) is 0. The molecule has 0 atom stereocenters. The van der Waals surface area contributed by atoms with Gasteiger partial charge in [-0.1, -0.05) is 6.92 Å². The molecule has 0 bridgehead atoms. The molecule has 0 fully saturated rings. The van der Waals surface area contributed by atoms with Crippen LogP contribution in [0.5, 0.6) is 0 Å². The Morgan fingerprint density at radius 1 is 1.12 bits per heavy atom. The van der Waals surface area contributed by atoms with Gasteiger partial charge in [0, 0.05) is 26.8 Å².